The zero-order valence-electron chi connectivity index (χ0n) is 15.4. The minimum absolute atomic E-state index is 0.150. The van der Waals surface area contributed by atoms with E-state index in [0.29, 0.717) is 32.7 Å². The van der Waals surface area contributed by atoms with Crippen LogP contribution in [0.3, 0.4) is 0 Å². The Hall–Kier alpha value is -1.99. The number of anilines is 2. The summed E-state index contributed by atoms with van der Waals surface area (Å²) in [6.45, 7) is 1.94. The highest BCUT2D eigenvalue weighted by atomic mass is 35.5. The molecule has 4 nitrogen and oxygen atoms in total. The summed E-state index contributed by atoms with van der Waals surface area (Å²) in [4.78, 5) is 26.5. The highest BCUT2D eigenvalue weighted by Gasteiger charge is 2.20. The molecule has 0 saturated carbocycles. The fourth-order valence-corrected chi connectivity index (χ4v) is 4.53. The molecule has 3 aromatic rings. The maximum absolute atomic E-state index is 12.7. The highest BCUT2D eigenvalue weighted by Crippen LogP contribution is 2.32. The van der Waals surface area contributed by atoms with Crippen LogP contribution in [-0.4, -0.2) is 17.1 Å². The summed E-state index contributed by atoms with van der Waals surface area (Å²) in [5.74, 6) is -0.308. The SMILES string of the molecule is CCC(Sc1cccc(NC(=O)c2cccs2)c1)C(=O)Nc1cccc(Cl)c1Cl. The summed E-state index contributed by atoms with van der Waals surface area (Å²) in [7, 11) is 0. The van der Waals surface area contributed by atoms with Crippen LogP contribution in [0.15, 0.2) is 64.9 Å². The number of amides is 2. The third-order valence-corrected chi connectivity index (χ3v) is 7.03. The van der Waals surface area contributed by atoms with Gasteiger partial charge in [-0.25, -0.2) is 0 Å². The molecule has 2 aromatic carbocycles. The van der Waals surface area contributed by atoms with Crippen LogP contribution in [0.25, 0.3) is 0 Å². The van der Waals surface area contributed by atoms with Crippen molar-refractivity contribution in [1.29, 1.82) is 0 Å². The van der Waals surface area contributed by atoms with Gasteiger partial charge >= 0.3 is 0 Å². The Bertz CT molecular complexity index is 1010. The van der Waals surface area contributed by atoms with Gasteiger partial charge in [0.2, 0.25) is 5.91 Å². The fraction of sp³-hybridized carbons (Fsp3) is 0.143. The molecule has 150 valence electrons. The molecular weight excluding hydrogens is 447 g/mol. The number of benzene rings is 2. The second-order valence-electron chi connectivity index (χ2n) is 6.06. The number of hydrogen-bond acceptors (Lipinski definition) is 4. The molecular formula is C21H18Cl2N2O2S2. The van der Waals surface area contributed by atoms with Crippen molar-refractivity contribution in [3.05, 3.63) is 74.9 Å². The van der Waals surface area contributed by atoms with Gasteiger partial charge in [-0.1, -0.05) is 48.3 Å². The van der Waals surface area contributed by atoms with Gasteiger partial charge in [0, 0.05) is 10.6 Å². The largest absolute Gasteiger partial charge is 0.324 e. The van der Waals surface area contributed by atoms with Crippen molar-refractivity contribution >= 4 is 69.5 Å². The molecule has 0 radical (unpaired) electrons. The Morgan fingerprint density at radius 2 is 1.86 bits per heavy atom. The van der Waals surface area contributed by atoms with Gasteiger partial charge in [-0.05, 0) is 48.2 Å². The van der Waals surface area contributed by atoms with Crippen LogP contribution in [0.4, 0.5) is 11.4 Å². The zero-order chi connectivity index (χ0) is 20.8. The van der Waals surface area contributed by atoms with Gasteiger partial charge in [-0.3, -0.25) is 9.59 Å². The first kappa shape index (κ1) is 21.7. The van der Waals surface area contributed by atoms with Crippen LogP contribution < -0.4 is 10.6 Å². The average molecular weight is 465 g/mol. The topological polar surface area (TPSA) is 58.2 Å². The average Bonchev–Trinajstić information content (AvgIpc) is 3.25. The van der Waals surface area contributed by atoms with E-state index in [1.54, 1.807) is 24.3 Å². The van der Waals surface area contributed by atoms with Crippen LogP contribution in [0, 0.1) is 0 Å². The number of carbonyl (C=O) groups is 2. The summed E-state index contributed by atoms with van der Waals surface area (Å²) in [5, 5.41) is 7.97. The van der Waals surface area contributed by atoms with Crippen molar-refractivity contribution < 1.29 is 9.59 Å². The summed E-state index contributed by atoms with van der Waals surface area (Å²) in [6, 6.07) is 16.2. The molecule has 29 heavy (non-hydrogen) atoms. The Kier molecular flexibility index (Phi) is 7.61. The maximum atomic E-state index is 12.7. The van der Waals surface area contributed by atoms with E-state index in [4.69, 9.17) is 23.2 Å². The quantitative estimate of drug-likeness (QED) is 0.377. The van der Waals surface area contributed by atoms with Gasteiger partial charge in [0.1, 0.15) is 0 Å². The van der Waals surface area contributed by atoms with E-state index in [9.17, 15) is 9.59 Å². The maximum Gasteiger partial charge on any atom is 0.265 e. The van der Waals surface area contributed by atoms with Crippen LogP contribution in [0.5, 0.6) is 0 Å². The smallest absolute Gasteiger partial charge is 0.265 e. The standard InChI is InChI=1S/C21H18Cl2N2O2S2/c1-2-17(20(26)25-16-9-4-8-15(22)19(16)23)29-14-7-3-6-13(12-14)24-21(27)18-10-5-11-28-18/h3-12,17H,2H2,1H3,(H,24,27)(H,25,26). The van der Waals surface area contributed by atoms with E-state index in [1.165, 1.54) is 23.1 Å². The van der Waals surface area contributed by atoms with E-state index in [-0.39, 0.29) is 17.1 Å². The minimum atomic E-state index is -0.326. The third kappa shape index (κ3) is 5.76. The number of rotatable bonds is 7. The highest BCUT2D eigenvalue weighted by molar-refractivity contribution is 8.00. The molecule has 2 N–H and O–H groups in total. The fourth-order valence-electron chi connectivity index (χ4n) is 2.55. The molecule has 0 aliphatic heterocycles. The predicted octanol–water partition coefficient (Wildman–Crippen LogP) is 6.82. The molecule has 0 bridgehead atoms. The van der Waals surface area contributed by atoms with Crippen molar-refractivity contribution in [3.63, 3.8) is 0 Å². The Labute approximate surface area is 187 Å². The van der Waals surface area contributed by atoms with Gasteiger partial charge in [-0.15, -0.1) is 23.1 Å². The van der Waals surface area contributed by atoms with Crippen molar-refractivity contribution in [2.24, 2.45) is 0 Å². The number of halogens is 2. The van der Waals surface area contributed by atoms with Crippen molar-refractivity contribution in [3.8, 4) is 0 Å². The van der Waals surface area contributed by atoms with Crippen LogP contribution in [0.1, 0.15) is 23.0 Å². The van der Waals surface area contributed by atoms with Crippen molar-refractivity contribution in [2.45, 2.75) is 23.5 Å². The van der Waals surface area contributed by atoms with Crippen LogP contribution in [-0.2, 0) is 4.79 Å². The monoisotopic (exact) mass is 464 g/mol. The lowest BCUT2D eigenvalue weighted by molar-refractivity contribution is -0.115. The van der Waals surface area contributed by atoms with Gasteiger partial charge in [0.05, 0.1) is 25.9 Å². The minimum Gasteiger partial charge on any atom is -0.324 e. The normalized spacial score (nSPS) is 11.7. The molecule has 2 amide bonds. The number of thiophene rings is 1. The Morgan fingerprint density at radius 1 is 1.07 bits per heavy atom. The van der Waals surface area contributed by atoms with Gasteiger partial charge in [0.25, 0.3) is 5.91 Å². The third-order valence-electron chi connectivity index (χ3n) is 3.99. The second kappa shape index (κ2) is 10.2. The van der Waals surface area contributed by atoms with E-state index in [1.807, 2.05) is 42.6 Å². The van der Waals surface area contributed by atoms with Gasteiger partial charge < -0.3 is 10.6 Å². The first-order valence-electron chi connectivity index (χ1n) is 8.84. The van der Waals surface area contributed by atoms with E-state index >= 15 is 0 Å². The summed E-state index contributed by atoms with van der Waals surface area (Å²) < 4.78 is 0. The number of thioether (sulfide) groups is 1. The van der Waals surface area contributed by atoms with Gasteiger partial charge in [-0.2, -0.15) is 0 Å². The molecule has 0 saturated heterocycles. The first-order valence-corrected chi connectivity index (χ1v) is 11.4. The molecule has 8 heteroatoms. The lowest BCUT2D eigenvalue weighted by Gasteiger charge is -2.16. The van der Waals surface area contributed by atoms with Crippen LogP contribution in [0.2, 0.25) is 10.0 Å². The molecule has 3 rings (SSSR count). The van der Waals surface area contributed by atoms with Crippen molar-refractivity contribution in [2.75, 3.05) is 10.6 Å². The number of carbonyl (C=O) groups excluding carboxylic acids is 2. The molecule has 1 heterocycles. The Balaban J connectivity index is 1.68. The predicted molar refractivity (Wildman–Crippen MR) is 124 cm³/mol. The molecule has 0 aliphatic carbocycles. The van der Waals surface area contributed by atoms with E-state index < -0.39 is 0 Å². The van der Waals surface area contributed by atoms with Crippen LogP contribution >= 0.6 is 46.3 Å². The van der Waals surface area contributed by atoms with E-state index in [2.05, 4.69) is 10.6 Å². The summed E-state index contributed by atoms with van der Waals surface area (Å²) in [5.41, 5.74) is 1.17. The molecule has 1 aromatic heterocycles. The first-order chi connectivity index (χ1) is 14.0. The summed E-state index contributed by atoms with van der Waals surface area (Å²) >= 11 is 15.0. The summed E-state index contributed by atoms with van der Waals surface area (Å²) in [6.07, 6.45) is 0.625. The molecule has 1 unspecified atom stereocenters. The lowest BCUT2D eigenvalue weighted by Crippen LogP contribution is -2.24. The zero-order valence-corrected chi connectivity index (χ0v) is 18.6. The van der Waals surface area contributed by atoms with E-state index in [0.717, 1.165) is 4.90 Å². The molecule has 1 atom stereocenters. The molecule has 0 spiro atoms. The molecule has 0 fully saturated rings. The Morgan fingerprint density at radius 3 is 2.59 bits per heavy atom. The lowest BCUT2D eigenvalue weighted by atomic mass is 10.2. The number of nitrogens with one attached hydrogen (secondary N) is 2. The number of hydrogen-bond donors (Lipinski definition) is 2. The van der Waals surface area contributed by atoms with Gasteiger partial charge in [0.15, 0.2) is 0 Å². The van der Waals surface area contributed by atoms with Crippen molar-refractivity contribution in [1.82, 2.24) is 0 Å². The molecule has 0 aliphatic rings. The second-order valence-corrected chi connectivity index (χ2v) is 9.07.